The number of hydrogen-bond acceptors (Lipinski definition) is 6. The summed E-state index contributed by atoms with van der Waals surface area (Å²) < 4.78 is 4.22. The van der Waals surface area contributed by atoms with E-state index in [1.54, 1.807) is 17.3 Å². The maximum atomic E-state index is 13.0. The Morgan fingerprint density at radius 3 is 2.40 bits per heavy atom. The van der Waals surface area contributed by atoms with E-state index in [0.29, 0.717) is 11.0 Å². The second-order valence-electron chi connectivity index (χ2n) is 6.64. The van der Waals surface area contributed by atoms with Crippen molar-refractivity contribution in [2.75, 3.05) is 4.90 Å². The molecule has 0 fully saturated rings. The van der Waals surface area contributed by atoms with Gasteiger partial charge in [-0.05, 0) is 44.9 Å². The third-order valence-corrected chi connectivity index (χ3v) is 5.26. The van der Waals surface area contributed by atoms with Gasteiger partial charge >= 0.3 is 0 Å². The molecule has 0 bridgehead atoms. The van der Waals surface area contributed by atoms with Crippen molar-refractivity contribution in [1.29, 1.82) is 0 Å². The number of rotatable bonds is 2. The highest BCUT2D eigenvalue weighted by Crippen LogP contribution is 2.46. The monoisotopic (exact) mass is 351 g/mol. The lowest BCUT2D eigenvalue weighted by molar-refractivity contribution is -0.121. The third-order valence-electron chi connectivity index (χ3n) is 4.47. The van der Waals surface area contributed by atoms with Crippen LogP contribution in [0, 0.1) is 13.8 Å². The van der Waals surface area contributed by atoms with Gasteiger partial charge in [0.2, 0.25) is 11.0 Å². The molecule has 1 aliphatic heterocycles. The van der Waals surface area contributed by atoms with Crippen molar-refractivity contribution >= 4 is 28.3 Å². The first-order valence-corrected chi connectivity index (χ1v) is 8.73. The fourth-order valence-electron chi connectivity index (χ4n) is 3.04. The van der Waals surface area contributed by atoms with Crippen molar-refractivity contribution in [2.45, 2.75) is 33.1 Å². The molecular formula is C18H17N5OS. The van der Waals surface area contributed by atoms with Crippen molar-refractivity contribution in [3.05, 3.63) is 47.8 Å². The molecule has 0 spiro atoms. The van der Waals surface area contributed by atoms with Crippen LogP contribution in [0.25, 0.3) is 11.1 Å². The molecular weight excluding hydrogens is 334 g/mol. The molecule has 1 aromatic carbocycles. The average Bonchev–Trinajstić information content (AvgIpc) is 3.08. The van der Waals surface area contributed by atoms with Gasteiger partial charge in [0.25, 0.3) is 0 Å². The Hall–Kier alpha value is -2.67. The molecule has 1 amide bonds. The van der Waals surface area contributed by atoms with E-state index in [2.05, 4.69) is 19.3 Å². The second-order valence-corrected chi connectivity index (χ2v) is 7.37. The minimum Gasteiger partial charge on any atom is -0.273 e. The van der Waals surface area contributed by atoms with Gasteiger partial charge in [0.1, 0.15) is 11.6 Å². The highest BCUT2D eigenvalue weighted by atomic mass is 32.1. The van der Waals surface area contributed by atoms with E-state index < -0.39 is 5.41 Å². The van der Waals surface area contributed by atoms with Crippen LogP contribution in [0.2, 0.25) is 0 Å². The van der Waals surface area contributed by atoms with Crippen LogP contribution in [0.1, 0.15) is 31.1 Å². The number of aryl methyl sites for hydroxylation is 2. The van der Waals surface area contributed by atoms with Gasteiger partial charge in [-0.2, -0.15) is 4.37 Å². The van der Waals surface area contributed by atoms with Gasteiger partial charge in [0.15, 0.2) is 0 Å². The highest BCUT2D eigenvalue weighted by Gasteiger charge is 2.45. The molecule has 0 atom stereocenters. The largest absolute Gasteiger partial charge is 0.273 e. The number of hydrogen-bond donors (Lipinski definition) is 0. The number of anilines is 2. The maximum Gasteiger partial charge on any atom is 0.243 e. The molecule has 0 unspecified atom stereocenters. The van der Waals surface area contributed by atoms with E-state index in [1.165, 1.54) is 11.5 Å². The van der Waals surface area contributed by atoms with E-state index in [4.69, 9.17) is 0 Å². The Bertz CT molecular complexity index is 977. The second kappa shape index (κ2) is 5.42. The topological polar surface area (TPSA) is 71.9 Å². The zero-order valence-corrected chi connectivity index (χ0v) is 15.3. The molecule has 0 aliphatic carbocycles. The number of carbonyl (C=O) groups excluding carboxylic acids is 1. The number of amides is 1. The first-order valence-electron chi connectivity index (χ1n) is 7.96. The zero-order valence-electron chi connectivity index (χ0n) is 14.4. The summed E-state index contributed by atoms with van der Waals surface area (Å²) in [4.78, 5) is 27.6. The van der Waals surface area contributed by atoms with Gasteiger partial charge in [-0.25, -0.2) is 15.0 Å². The van der Waals surface area contributed by atoms with E-state index in [0.717, 1.165) is 28.2 Å². The predicted octanol–water partition coefficient (Wildman–Crippen LogP) is 3.57. The SMILES string of the molecule is Cc1ncc(-c2ccc3c(c2)N(c2nc(C)ns2)C(=O)C3(C)C)cn1. The van der Waals surface area contributed by atoms with Crippen LogP contribution >= 0.6 is 11.5 Å². The minimum atomic E-state index is -0.600. The van der Waals surface area contributed by atoms with Gasteiger partial charge in [0, 0.05) is 29.5 Å². The average molecular weight is 351 g/mol. The van der Waals surface area contributed by atoms with Crippen LogP contribution in [0.15, 0.2) is 30.6 Å². The van der Waals surface area contributed by atoms with Crippen LogP contribution in [0.3, 0.4) is 0 Å². The minimum absolute atomic E-state index is 0.0101. The van der Waals surface area contributed by atoms with E-state index in [-0.39, 0.29) is 5.91 Å². The molecule has 1 aliphatic rings. The van der Waals surface area contributed by atoms with Crippen LogP contribution in [0.5, 0.6) is 0 Å². The summed E-state index contributed by atoms with van der Waals surface area (Å²) in [5, 5.41) is 0.603. The van der Waals surface area contributed by atoms with Gasteiger partial charge < -0.3 is 0 Å². The van der Waals surface area contributed by atoms with Crippen LogP contribution in [-0.2, 0) is 10.2 Å². The van der Waals surface area contributed by atoms with Crippen LogP contribution in [0.4, 0.5) is 10.8 Å². The molecule has 0 N–H and O–H groups in total. The molecule has 25 heavy (non-hydrogen) atoms. The van der Waals surface area contributed by atoms with Crippen molar-refractivity contribution in [3.8, 4) is 11.1 Å². The smallest absolute Gasteiger partial charge is 0.243 e. The summed E-state index contributed by atoms with van der Waals surface area (Å²) in [5.74, 6) is 1.41. The van der Waals surface area contributed by atoms with Crippen molar-refractivity contribution < 1.29 is 4.79 Å². The quantitative estimate of drug-likeness (QED) is 0.706. The third kappa shape index (κ3) is 2.42. The Morgan fingerprint density at radius 2 is 1.76 bits per heavy atom. The summed E-state index contributed by atoms with van der Waals surface area (Å²) in [6.45, 7) is 7.56. The zero-order chi connectivity index (χ0) is 17.8. The fraction of sp³-hybridized carbons (Fsp3) is 0.278. The number of aromatic nitrogens is 4. The molecule has 0 radical (unpaired) electrons. The summed E-state index contributed by atoms with van der Waals surface area (Å²) >= 11 is 1.24. The first-order chi connectivity index (χ1) is 11.9. The fourth-order valence-corrected chi connectivity index (χ4v) is 3.73. The number of benzene rings is 1. The summed E-state index contributed by atoms with van der Waals surface area (Å²) in [6.07, 6.45) is 3.59. The van der Waals surface area contributed by atoms with Gasteiger partial charge in [-0.3, -0.25) is 9.69 Å². The Balaban J connectivity index is 1.88. The lowest BCUT2D eigenvalue weighted by Gasteiger charge is -2.17. The van der Waals surface area contributed by atoms with E-state index >= 15 is 0 Å². The molecule has 0 saturated carbocycles. The summed E-state index contributed by atoms with van der Waals surface area (Å²) in [5.41, 5.74) is 3.12. The van der Waals surface area contributed by atoms with E-state index in [1.807, 2.05) is 45.9 Å². The lowest BCUT2D eigenvalue weighted by Crippen LogP contribution is -2.33. The normalized spacial score (nSPS) is 15.5. The van der Waals surface area contributed by atoms with Gasteiger partial charge in [-0.1, -0.05) is 12.1 Å². The molecule has 3 aromatic rings. The Kier molecular flexibility index (Phi) is 3.43. The first kappa shape index (κ1) is 15.8. The molecule has 0 saturated heterocycles. The Labute approximate surface area is 149 Å². The van der Waals surface area contributed by atoms with Crippen molar-refractivity contribution in [2.24, 2.45) is 0 Å². The van der Waals surface area contributed by atoms with Gasteiger partial charge in [0.05, 0.1) is 11.1 Å². The predicted molar refractivity (Wildman–Crippen MR) is 97.0 cm³/mol. The van der Waals surface area contributed by atoms with Crippen LogP contribution < -0.4 is 4.90 Å². The lowest BCUT2D eigenvalue weighted by atomic mass is 9.85. The standard InChI is InChI=1S/C18H17N5OS/c1-10-19-8-13(9-20-10)12-5-6-14-15(7-12)23(16(24)18(14,3)4)17-21-11(2)22-25-17/h5-9H,1-4H3. The molecule has 2 aromatic heterocycles. The Morgan fingerprint density at radius 1 is 1.04 bits per heavy atom. The maximum absolute atomic E-state index is 13.0. The molecule has 7 heteroatoms. The number of carbonyl (C=O) groups is 1. The summed E-state index contributed by atoms with van der Waals surface area (Å²) in [6, 6.07) is 6.03. The molecule has 6 nitrogen and oxygen atoms in total. The molecule has 126 valence electrons. The molecule has 4 rings (SSSR count). The summed E-state index contributed by atoms with van der Waals surface area (Å²) in [7, 11) is 0. The van der Waals surface area contributed by atoms with Crippen molar-refractivity contribution in [3.63, 3.8) is 0 Å². The van der Waals surface area contributed by atoms with E-state index in [9.17, 15) is 4.79 Å². The highest BCUT2D eigenvalue weighted by molar-refractivity contribution is 7.10. The molecule has 3 heterocycles. The van der Waals surface area contributed by atoms with Crippen molar-refractivity contribution in [1.82, 2.24) is 19.3 Å². The number of nitrogens with zero attached hydrogens (tertiary/aromatic N) is 5. The van der Waals surface area contributed by atoms with Gasteiger partial charge in [-0.15, -0.1) is 0 Å². The van der Waals surface area contributed by atoms with Crippen LogP contribution in [-0.4, -0.2) is 25.2 Å². The number of fused-ring (bicyclic) bond motifs is 1.